The van der Waals surface area contributed by atoms with Gasteiger partial charge in [0.1, 0.15) is 0 Å². The summed E-state index contributed by atoms with van der Waals surface area (Å²) in [6.07, 6.45) is 9.91. The molecule has 0 heterocycles. The number of hydrogen-bond acceptors (Lipinski definition) is 0. The maximum atomic E-state index is 2.80. The van der Waals surface area contributed by atoms with Gasteiger partial charge in [0.05, 0.1) is 0 Å². The van der Waals surface area contributed by atoms with Gasteiger partial charge in [0.15, 0.2) is 0 Å². The molecule has 0 rings (SSSR count). The van der Waals surface area contributed by atoms with Crippen LogP contribution in [-0.2, 0) is 0 Å². The van der Waals surface area contributed by atoms with Crippen LogP contribution in [0.15, 0.2) is 0 Å². The van der Waals surface area contributed by atoms with Crippen molar-refractivity contribution >= 4 is 32.0 Å². The second-order valence-electron chi connectivity index (χ2n) is 3.34. The van der Waals surface area contributed by atoms with E-state index in [9.17, 15) is 0 Å². The molecule has 0 aliphatic carbocycles. The van der Waals surface area contributed by atoms with Crippen molar-refractivity contribution in [2.75, 3.05) is 0 Å². The Hall–Kier alpha value is 1.04. The summed E-state index contributed by atoms with van der Waals surface area (Å²) in [5, 5.41) is 1.30. The van der Waals surface area contributed by atoms with Gasteiger partial charge in [0.25, 0.3) is 0 Å². The summed E-state index contributed by atoms with van der Waals surface area (Å²) in [6, 6.07) is 0. The molecule has 12 heavy (non-hydrogen) atoms. The number of rotatable bonds is 8. The predicted molar refractivity (Wildman–Crippen MR) is 60.8 cm³/mol. The van der Waals surface area contributed by atoms with Crippen molar-refractivity contribution in [2.24, 2.45) is 0 Å². The van der Waals surface area contributed by atoms with Gasteiger partial charge >= 0.3 is 94.0 Å². The second-order valence-corrected chi connectivity index (χ2v) is 5.81. The van der Waals surface area contributed by atoms with E-state index in [1.807, 2.05) is 0 Å². The molecule has 2 heteroatoms. The zero-order chi connectivity index (χ0) is 9.23. The fourth-order valence-corrected chi connectivity index (χ4v) is 2.08. The van der Waals surface area contributed by atoms with Gasteiger partial charge < -0.3 is 0 Å². The molecule has 0 saturated heterocycles. The van der Waals surface area contributed by atoms with Crippen LogP contribution in [0.1, 0.15) is 51.9 Å². The van der Waals surface area contributed by atoms with Crippen molar-refractivity contribution in [1.82, 2.24) is 0 Å². The van der Waals surface area contributed by atoms with E-state index in [1.165, 1.54) is 50.3 Å². The van der Waals surface area contributed by atoms with Crippen molar-refractivity contribution in [3.05, 3.63) is 0 Å². The van der Waals surface area contributed by atoms with Crippen LogP contribution >= 0.6 is 0 Å². The van der Waals surface area contributed by atoms with Crippen molar-refractivity contribution in [3.8, 4) is 0 Å². The molecule has 0 aliphatic rings. The molecule has 0 N–H and O–H groups in total. The summed E-state index contributed by atoms with van der Waals surface area (Å²) >= 11 is 5.46. The monoisotopic (exact) mass is 302 g/mol. The fraction of sp³-hybridized carbons (Fsp3) is 1.00. The van der Waals surface area contributed by atoms with Crippen LogP contribution in [-0.4, -0.2) is 32.0 Å². The normalized spacial score (nSPS) is 13.2. The second kappa shape index (κ2) is 10.1. The maximum absolute atomic E-state index is 2.80. The van der Waals surface area contributed by atoms with Crippen LogP contribution in [0.4, 0.5) is 0 Å². The van der Waals surface area contributed by atoms with E-state index in [1.54, 1.807) is 0 Å². The molecule has 0 nitrogen and oxygen atoms in total. The summed E-state index contributed by atoms with van der Waals surface area (Å²) in [6.45, 7) is 2.28. The third kappa shape index (κ3) is 9.13. The van der Waals surface area contributed by atoms with E-state index in [-0.39, 0.29) is 0 Å². The predicted octanol–water partition coefficient (Wildman–Crippen LogP) is 2.75. The van der Waals surface area contributed by atoms with Gasteiger partial charge in [-0.3, -0.25) is 0 Å². The first-order valence-electron chi connectivity index (χ1n) is 5.10. The summed E-state index contributed by atoms with van der Waals surface area (Å²) < 4.78 is 0. The standard InChI is InChI=1S/C10H22Se2/c1-2-10(12)8-6-4-3-5-7-9-11/h10-12H,2-9H2,1H3. The summed E-state index contributed by atoms with van der Waals surface area (Å²) in [5.74, 6) is 0. The van der Waals surface area contributed by atoms with Gasteiger partial charge in [-0.1, -0.05) is 0 Å². The molecule has 0 spiro atoms. The molecule has 1 unspecified atom stereocenters. The van der Waals surface area contributed by atoms with Crippen LogP contribution in [0, 0.1) is 0 Å². The Morgan fingerprint density at radius 3 is 2.17 bits per heavy atom. The Bertz CT molecular complexity index is 83.9. The summed E-state index contributed by atoms with van der Waals surface area (Å²) in [4.78, 5) is 0.889. The summed E-state index contributed by atoms with van der Waals surface area (Å²) in [7, 11) is 0. The SMILES string of the molecule is CCC([SeH])CCCCCCC[SeH]. The Balaban J connectivity index is 2.90. The Labute approximate surface area is 93.9 Å². The molecule has 0 aromatic rings. The van der Waals surface area contributed by atoms with E-state index in [0.29, 0.717) is 0 Å². The molecule has 74 valence electrons. The average Bonchev–Trinajstić information content (AvgIpc) is 2.10. The first-order chi connectivity index (χ1) is 5.81. The van der Waals surface area contributed by atoms with E-state index in [0.717, 1.165) is 4.82 Å². The third-order valence-electron chi connectivity index (χ3n) is 2.17. The van der Waals surface area contributed by atoms with E-state index >= 15 is 0 Å². The van der Waals surface area contributed by atoms with Crippen LogP contribution in [0.2, 0.25) is 10.1 Å². The van der Waals surface area contributed by atoms with Gasteiger partial charge in [0, 0.05) is 0 Å². The molecule has 0 fully saturated rings. The van der Waals surface area contributed by atoms with Gasteiger partial charge in [-0.25, -0.2) is 0 Å². The third-order valence-corrected chi connectivity index (χ3v) is 4.14. The van der Waals surface area contributed by atoms with Crippen LogP contribution < -0.4 is 0 Å². The molecule has 0 aromatic carbocycles. The Morgan fingerprint density at radius 1 is 1.00 bits per heavy atom. The van der Waals surface area contributed by atoms with Gasteiger partial charge in [-0.2, -0.15) is 0 Å². The van der Waals surface area contributed by atoms with Crippen molar-refractivity contribution in [2.45, 2.75) is 62.0 Å². The molecule has 0 saturated carbocycles. The van der Waals surface area contributed by atoms with Crippen molar-refractivity contribution in [1.29, 1.82) is 0 Å². The molecular weight excluding hydrogens is 278 g/mol. The number of hydrogen-bond donors (Lipinski definition) is 0. The zero-order valence-corrected chi connectivity index (χ0v) is 11.9. The number of unbranched alkanes of at least 4 members (excludes halogenated alkanes) is 4. The van der Waals surface area contributed by atoms with E-state index in [2.05, 4.69) is 38.9 Å². The van der Waals surface area contributed by atoms with Crippen LogP contribution in [0.25, 0.3) is 0 Å². The Morgan fingerprint density at radius 2 is 1.58 bits per heavy atom. The Kier molecular flexibility index (Phi) is 11.0. The average molecular weight is 300 g/mol. The van der Waals surface area contributed by atoms with Crippen molar-refractivity contribution < 1.29 is 0 Å². The van der Waals surface area contributed by atoms with Crippen molar-refractivity contribution in [3.63, 3.8) is 0 Å². The summed E-state index contributed by atoms with van der Waals surface area (Å²) in [5.41, 5.74) is 0. The van der Waals surface area contributed by atoms with Crippen LogP contribution in [0.5, 0.6) is 0 Å². The molecule has 0 aromatic heterocycles. The fourth-order valence-electron chi connectivity index (χ4n) is 1.23. The zero-order valence-electron chi connectivity index (χ0n) is 8.13. The van der Waals surface area contributed by atoms with Crippen LogP contribution in [0.3, 0.4) is 0 Å². The van der Waals surface area contributed by atoms with Gasteiger partial charge in [-0.15, -0.1) is 0 Å². The first-order valence-corrected chi connectivity index (χ1v) is 7.51. The van der Waals surface area contributed by atoms with E-state index in [4.69, 9.17) is 0 Å². The first kappa shape index (κ1) is 13.0. The topological polar surface area (TPSA) is 0 Å². The molecule has 0 bridgehead atoms. The van der Waals surface area contributed by atoms with Gasteiger partial charge in [0.2, 0.25) is 0 Å². The van der Waals surface area contributed by atoms with E-state index < -0.39 is 0 Å². The minimum absolute atomic E-state index is 0.889. The minimum atomic E-state index is 0.889. The molecule has 0 amide bonds. The molecule has 1 atom stereocenters. The molecule has 0 aliphatic heterocycles. The molecule has 0 radical (unpaired) electrons. The van der Waals surface area contributed by atoms with Gasteiger partial charge in [-0.05, 0) is 0 Å². The quantitative estimate of drug-likeness (QED) is 0.478. The molecular formula is C10H22Se2.